The fourth-order valence-electron chi connectivity index (χ4n) is 0.222. The van der Waals surface area contributed by atoms with E-state index in [1.807, 2.05) is 13.8 Å². The highest BCUT2D eigenvalue weighted by molar-refractivity contribution is 5.80. The first-order valence-electron chi connectivity index (χ1n) is 3.10. The normalized spacial score (nSPS) is 6.70. The molecule has 3 nitrogen and oxygen atoms in total. The Labute approximate surface area is 61.9 Å². The number of carbonyl (C=O) groups excluding carboxylic acids is 1. The number of nitrogens with zero attached hydrogens (tertiary/aromatic N) is 1. The van der Waals surface area contributed by atoms with Gasteiger partial charge < -0.3 is 5.32 Å². The van der Waals surface area contributed by atoms with Crippen molar-refractivity contribution in [1.29, 1.82) is 0 Å². The standard InChI is InChI=1S/C5H8N2O.C2H6/c1-4(2)7-5(8)6-3;1-2/h1,3H2,2H3,(H,7,8);1-2H3. The van der Waals surface area contributed by atoms with Gasteiger partial charge in [0.25, 0.3) is 0 Å². The Kier molecular flexibility index (Phi) is 9.18. The van der Waals surface area contributed by atoms with Crippen molar-refractivity contribution in [3.05, 3.63) is 12.3 Å². The molecule has 0 atom stereocenters. The molecule has 58 valence electrons. The van der Waals surface area contributed by atoms with Crippen LogP contribution in [0.5, 0.6) is 0 Å². The van der Waals surface area contributed by atoms with Crippen molar-refractivity contribution >= 4 is 12.7 Å². The molecule has 0 spiro atoms. The van der Waals surface area contributed by atoms with E-state index in [1.54, 1.807) is 6.92 Å². The molecule has 3 heteroatoms. The lowest BCUT2D eigenvalue weighted by Gasteiger charge is -1.94. The van der Waals surface area contributed by atoms with Crippen LogP contribution in [0.4, 0.5) is 4.79 Å². The summed E-state index contributed by atoms with van der Waals surface area (Å²) in [6, 6.07) is -0.461. The molecule has 0 saturated carbocycles. The second-order valence-corrected chi connectivity index (χ2v) is 1.37. The van der Waals surface area contributed by atoms with Crippen LogP contribution in [-0.4, -0.2) is 12.7 Å². The molecule has 0 aromatic rings. The van der Waals surface area contributed by atoms with Crippen LogP contribution >= 0.6 is 0 Å². The van der Waals surface area contributed by atoms with E-state index < -0.39 is 6.03 Å². The summed E-state index contributed by atoms with van der Waals surface area (Å²) in [4.78, 5) is 13.3. The van der Waals surface area contributed by atoms with Gasteiger partial charge in [0.15, 0.2) is 0 Å². The minimum absolute atomic E-state index is 0.461. The molecular weight excluding hydrogens is 128 g/mol. The first-order chi connectivity index (χ1) is 4.66. The van der Waals surface area contributed by atoms with E-state index in [2.05, 4.69) is 23.6 Å². The number of urea groups is 1. The molecule has 0 aliphatic carbocycles. The zero-order valence-corrected chi connectivity index (χ0v) is 6.77. The maximum Gasteiger partial charge on any atom is 0.344 e. The summed E-state index contributed by atoms with van der Waals surface area (Å²) < 4.78 is 0. The summed E-state index contributed by atoms with van der Waals surface area (Å²) in [5.41, 5.74) is 0.572. The smallest absolute Gasteiger partial charge is 0.311 e. The summed E-state index contributed by atoms with van der Waals surface area (Å²) in [6.45, 7) is 12.1. The van der Waals surface area contributed by atoms with Gasteiger partial charge in [-0.05, 0) is 13.6 Å². The largest absolute Gasteiger partial charge is 0.344 e. The first-order valence-corrected chi connectivity index (χ1v) is 3.10. The number of amides is 2. The predicted octanol–water partition coefficient (Wildman–Crippen LogP) is 1.96. The van der Waals surface area contributed by atoms with Crippen LogP contribution in [0.1, 0.15) is 20.8 Å². The van der Waals surface area contributed by atoms with Crippen molar-refractivity contribution in [2.75, 3.05) is 0 Å². The SMILES string of the molecule is C=NC(=O)NC(=C)C.CC. The van der Waals surface area contributed by atoms with Gasteiger partial charge in [0.1, 0.15) is 0 Å². The maximum absolute atomic E-state index is 10.2. The molecule has 2 amide bonds. The van der Waals surface area contributed by atoms with Crippen LogP contribution in [-0.2, 0) is 0 Å². The van der Waals surface area contributed by atoms with E-state index in [0.29, 0.717) is 5.70 Å². The van der Waals surface area contributed by atoms with Gasteiger partial charge in [-0.1, -0.05) is 20.4 Å². The number of carbonyl (C=O) groups is 1. The van der Waals surface area contributed by atoms with Crippen molar-refractivity contribution in [2.24, 2.45) is 4.99 Å². The van der Waals surface area contributed by atoms with E-state index >= 15 is 0 Å². The average Bonchev–Trinajstić information content (AvgIpc) is 1.91. The summed E-state index contributed by atoms with van der Waals surface area (Å²) in [6.07, 6.45) is 0. The van der Waals surface area contributed by atoms with Crippen molar-refractivity contribution in [2.45, 2.75) is 20.8 Å². The van der Waals surface area contributed by atoms with E-state index in [9.17, 15) is 4.79 Å². The highest BCUT2D eigenvalue weighted by Gasteiger charge is 1.90. The Morgan fingerprint density at radius 2 is 1.90 bits per heavy atom. The molecule has 10 heavy (non-hydrogen) atoms. The third-order valence-electron chi connectivity index (χ3n) is 0.464. The van der Waals surface area contributed by atoms with E-state index in [-0.39, 0.29) is 0 Å². The molecule has 0 bridgehead atoms. The molecule has 0 aromatic carbocycles. The molecule has 0 unspecified atom stereocenters. The Bertz CT molecular complexity index is 130. The lowest BCUT2D eigenvalue weighted by molar-refractivity contribution is 0.252. The summed E-state index contributed by atoms with van der Waals surface area (Å²) in [5, 5.41) is 2.33. The van der Waals surface area contributed by atoms with Crippen LogP contribution in [0.3, 0.4) is 0 Å². The summed E-state index contributed by atoms with van der Waals surface area (Å²) in [7, 11) is 0. The zero-order chi connectivity index (χ0) is 8.57. The average molecular weight is 142 g/mol. The van der Waals surface area contributed by atoms with Gasteiger partial charge in [-0.25, -0.2) is 9.79 Å². The molecule has 0 aliphatic heterocycles. The monoisotopic (exact) mass is 142 g/mol. The second-order valence-electron chi connectivity index (χ2n) is 1.37. The Morgan fingerprint density at radius 1 is 1.50 bits per heavy atom. The van der Waals surface area contributed by atoms with Crippen LogP contribution in [0, 0.1) is 0 Å². The Morgan fingerprint density at radius 3 is 2.00 bits per heavy atom. The lowest BCUT2D eigenvalue weighted by Crippen LogP contribution is -2.15. The van der Waals surface area contributed by atoms with Gasteiger partial charge in [0, 0.05) is 5.70 Å². The van der Waals surface area contributed by atoms with Gasteiger partial charge in [0.05, 0.1) is 0 Å². The van der Waals surface area contributed by atoms with Crippen molar-refractivity contribution in [3.8, 4) is 0 Å². The Hall–Kier alpha value is -1.12. The molecule has 0 fully saturated rings. The molecule has 0 aromatic heterocycles. The molecular formula is C7H14N2O. The topological polar surface area (TPSA) is 41.5 Å². The number of aliphatic imine (C=N–C) groups is 1. The van der Waals surface area contributed by atoms with Crippen LogP contribution < -0.4 is 5.32 Å². The van der Waals surface area contributed by atoms with Gasteiger partial charge in [-0.2, -0.15) is 0 Å². The fourth-order valence-corrected chi connectivity index (χ4v) is 0.222. The van der Waals surface area contributed by atoms with Gasteiger partial charge in [0.2, 0.25) is 0 Å². The molecule has 0 radical (unpaired) electrons. The number of hydrogen-bond acceptors (Lipinski definition) is 1. The highest BCUT2D eigenvalue weighted by atomic mass is 16.2. The molecule has 1 N–H and O–H groups in total. The molecule has 0 aliphatic rings. The number of rotatable bonds is 1. The molecule has 0 rings (SSSR count). The van der Waals surface area contributed by atoms with E-state index in [1.165, 1.54) is 0 Å². The third-order valence-corrected chi connectivity index (χ3v) is 0.464. The van der Waals surface area contributed by atoms with Crippen LogP contribution in [0.15, 0.2) is 17.3 Å². The number of allylic oxidation sites excluding steroid dienone is 1. The van der Waals surface area contributed by atoms with Crippen LogP contribution in [0.2, 0.25) is 0 Å². The van der Waals surface area contributed by atoms with Crippen molar-refractivity contribution in [1.82, 2.24) is 5.32 Å². The van der Waals surface area contributed by atoms with Crippen LogP contribution in [0.25, 0.3) is 0 Å². The third kappa shape index (κ3) is 9.99. The van der Waals surface area contributed by atoms with Crippen molar-refractivity contribution < 1.29 is 4.79 Å². The van der Waals surface area contributed by atoms with Gasteiger partial charge in [-0.3, -0.25) is 0 Å². The first kappa shape index (κ1) is 11.6. The lowest BCUT2D eigenvalue weighted by atomic mass is 10.6. The quantitative estimate of drug-likeness (QED) is 0.558. The predicted molar refractivity (Wildman–Crippen MR) is 44.2 cm³/mol. The van der Waals surface area contributed by atoms with Gasteiger partial charge >= 0.3 is 6.03 Å². The number of hydrogen-bond donors (Lipinski definition) is 1. The minimum atomic E-state index is -0.461. The molecule has 0 saturated heterocycles. The zero-order valence-electron chi connectivity index (χ0n) is 6.77. The number of nitrogens with one attached hydrogen (secondary N) is 1. The van der Waals surface area contributed by atoms with Gasteiger partial charge in [-0.15, -0.1) is 0 Å². The highest BCUT2D eigenvalue weighted by Crippen LogP contribution is 1.78. The summed E-state index contributed by atoms with van der Waals surface area (Å²) in [5.74, 6) is 0. The summed E-state index contributed by atoms with van der Waals surface area (Å²) >= 11 is 0. The molecule has 0 heterocycles. The van der Waals surface area contributed by atoms with E-state index in [4.69, 9.17) is 0 Å². The Balaban J connectivity index is 0. The second kappa shape index (κ2) is 7.88. The fraction of sp³-hybridized carbons (Fsp3) is 0.429. The van der Waals surface area contributed by atoms with Crippen molar-refractivity contribution in [3.63, 3.8) is 0 Å². The maximum atomic E-state index is 10.2. The minimum Gasteiger partial charge on any atom is -0.311 e. The van der Waals surface area contributed by atoms with E-state index in [0.717, 1.165) is 0 Å².